The number of nitrogens with one attached hydrogen (secondary N) is 1. The van der Waals surface area contributed by atoms with Crippen molar-refractivity contribution >= 4 is 39.9 Å². The highest BCUT2D eigenvalue weighted by atomic mass is 79.9. The van der Waals surface area contributed by atoms with Gasteiger partial charge in [0.05, 0.1) is 12.5 Å². The molecule has 0 aliphatic heterocycles. The highest BCUT2D eigenvalue weighted by Crippen LogP contribution is 2.20. The molecule has 3 N–H and O–H groups in total. The van der Waals surface area contributed by atoms with Gasteiger partial charge in [0.2, 0.25) is 5.91 Å². The largest absolute Gasteiger partial charge is 0.380 e. The van der Waals surface area contributed by atoms with Crippen molar-refractivity contribution in [2.24, 2.45) is 5.73 Å². The van der Waals surface area contributed by atoms with Crippen molar-refractivity contribution in [3.8, 4) is 0 Å². The number of carbonyl (C=O) groups excluding carboxylic acids is 1. The molecule has 18 heavy (non-hydrogen) atoms. The molecule has 1 atom stereocenters. The van der Waals surface area contributed by atoms with E-state index in [4.69, 9.17) is 10.5 Å². The Balaban J connectivity index is 0.00000289. The highest BCUT2D eigenvalue weighted by molar-refractivity contribution is 9.10. The molecule has 4 nitrogen and oxygen atoms in total. The number of hydrogen-bond donors (Lipinski definition) is 2. The monoisotopic (exact) mass is 336 g/mol. The molecule has 0 aliphatic carbocycles. The van der Waals surface area contributed by atoms with Gasteiger partial charge >= 0.3 is 0 Å². The van der Waals surface area contributed by atoms with E-state index in [0.29, 0.717) is 6.54 Å². The second-order valence-corrected chi connectivity index (χ2v) is 4.72. The predicted molar refractivity (Wildman–Crippen MR) is 79.2 cm³/mol. The molecular formula is C12H18BrClN2O2. The minimum Gasteiger partial charge on any atom is -0.380 e. The molecule has 1 unspecified atom stereocenters. The smallest absolute Gasteiger partial charge is 0.227 e. The van der Waals surface area contributed by atoms with Crippen LogP contribution in [0.25, 0.3) is 0 Å². The van der Waals surface area contributed by atoms with Crippen molar-refractivity contribution in [3.63, 3.8) is 0 Å². The molecule has 0 radical (unpaired) electrons. The van der Waals surface area contributed by atoms with Crippen LogP contribution in [-0.2, 0) is 9.53 Å². The van der Waals surface area contributed by atoms with Crippen LogP contribution in [0.15, 0.2) is 22.7 Å². The van der Waals surface area contributed by atoms with Gasteiger partial charge in [-0.25, -0.2) is 0 Å². The summed E-state index contributed by atoms with van der Waals surface area (Å²) in [6, 6.07) is 5.70. The van der Waals surface area contributed by atoms with Crippen molar-refractivity contribution in [2.75, 3.05) is 19.0 Å². The maximum absolute atomic E-state index is 11.7. The molecule has 0 aliphatic rings. The second kappa shape index (κ2) is 8.48. The zero-order valence-electron chi connectivity index (χ0n) is 10.4. The molecule has 0 saturated heterocycles. The Hall–Kier alpha value is -0.620. The number of halogens is 2. The van der Waals surface area contributed by atoms with Gasteiger partial charge in [-0.2, -0.15) is 0 Å². The molecule has 0 fully saturated rings. The van der Waals surface area contributed by atoms with E-state index in [1.165, 1.54) is 0 Å². The van der Waals surface area contributed by atoms with Crippen LogP contribution >= 0.6 is 28.3 Å². The summed E-state index contributed by atoms with van der Waals surface area (Å²) in [6.45, 7) is 2.28. The van der Waals surface area contributed by atoms with Crippen LogP contribution in [0.3, 0.4) is 0 Å². The standard InChI is InChI=1S/C12H17BrN2O2.ClH/c1-8-5-9(13)3-4-11(8)15-12(16)6-10(7-14)17-2;/h3-5,10H,6-7,14H2,1-2H3,(H,15,16);1H. The van der Waals surface area contributed by atoms with Crippen LogP contribution in [0, 0.1) is 6.92 Å². The number of benzene rings is 1. The quantitative estimate of drug-likeness (QED) is 0.867. The van der Waals surface area contributed by atoms with Crippen LogP contribution in [0.4, 0.5) is 5.69 Å². The highest BCUT2D eigenvalue weighted by Gasteiger charge is 2.12. The summed E-state index contributed by atoms with van der Waals surface area (Å²) >= 11 is 3.38. The lowest BCUT2D eigenvalue weighted by molar-refractivity contribution is -0.118. The lowest BCUT2D eigenvalue weighted by Crippen LogP contribution is -2.28. The average molecular weight is 338 g/mol. The summed E-state index contributed by atoms with van der Waals surface area (Å²) in [7, 11) is 1.55. The lowest BCUT2D eigenvalue weighted by atomic mass is 10.2. The minimum absolute atomic E-state index is 0. The zero-order valence-corrected chi connectivity index (χ0v) is 12.8. The van der Waals surface area contributed by atoms with Gasteiger partial charge in [-0.05, 0) is 30.7 Å². The zero-order chi connectivity index (χ0) is 12.8. The molecule has 0 heterocycles. The van der Waals surface area contributed by atoms with Crippen molar-refractivity contribution < 1.29 is 9.53 Å². The average Bonchev–Trinajstić information content (AvgIpc) is 2.29. The molecule has 0 saturated carbocycles. The van der Waals surface area contributed by atoms with Gasteiger partial charge in [0.25, 0.3) is 0 Å². The molecule has 0 aromatic heterocycles. The number of methoxy groups -OCH3 is 1. The number of amides is 1. The maximum Gasteiger partial charge on any atom is 0.227 e. The second-order valence-electron chi connectivity index (χ2n) is 3.80. The number of hydrogen-bond acceptors (Lipinski definition) is 3. The van der Waals surface area contributed by atoms with E-state index in [-0.39, 0.29) is 30.8 Å². The first-order valence-electron chi connectivity index (χ1n) is 5.35. The fraction of sp³-hybridized carbons (Fsp3) is 0.417. The topological polar surface area (TPSA) is 64.3 Å². The first kappa shape index (κ1) is 17.4. The van der Waals surface area contributed by atoms with E-state index < -0.39 is 0 Å². The number of rotatable bonds is 5. The predicted octanol–water partition coefficient (Wildman–Crippen LogP) is 2.48. The Morgan fingerprint density at radius 1 is 1.56 bits per heavy atom. The summed E-state index contributed by atoms with van der Waals surface area (Å²) in [6.07, 6.45) is 0.0356. The summed E-state index contributed by atoms with van der Waals surface area (Å²) in [5.74, 6) is -0.0901. The first-order valence-corrected chi connectivity index (χ1v) is 6.15. The third-order valence-corrected chi connectivity index (χ3v) is 2.97. The fourth-order valence-corrected chi connectivity index (χ4v) is 1.91. The molecular weight excluding hydrogens is 320 g/mol. The van der Waals surface area contributed by atoms with E-state index in [2.05, 4.69) is 21.2 Å². The summed E-state index contributed by atoms with van der Waals surface area (Å²) in [5.41, 5.74) is 7.28. The minimum atomic E-state index is -0.231. The maximum atomic E-state index is 11.7. The van der Waals surface area contributed by atoms with Gasteiger partial charge in [0.1, 0.15) is 0 Å². The van der Waals surface area contributed by atoms with E-state index in [9.17, 15) is 4.79 Å². The number of aryl methyl sites for hydroxylation is 1. The number of ether oxygens (including phenoxy) is 1. The lowest BCUT2D eigenvalue weighted by Gasteiger charge is -2.13. The molecule has 1 amide bonds. The van der Waals surface area contributed by atoms with Gasteiger partial charge in [-0.15, -0.1) is 12.4 Å². The summed E-state index contributed by atoms with van der Waals surface area (Å²) in [4.78, 5) is 11.7. The van der Waals surface area contributed by atoms with E-state index in [0.717, 1.165) is 15.7 Å². The molecule has 6 heteroatoms. The number of nitrogens with two attached hydrogens (primary N) is 1. The molecule has 1 rings (SSSR count). The van der Waals surface area contributed by atoms with Gasteiger partial charge in [-0.1, -0.05) is 15.9 Å². The molecule has 102 valence electrons. The third kappa shape index (κ3) is 5.35. The van der Waals surface area contributed by atoms with Crippen molar-refractivity contribution in [1.29, 1.82) is 0 Å². The molecule has 0 bridgehead atoms. The van der Waals surface area contributed by atoms with Gasteiger partial charge in [-0.3, -0.25) is 4.79 Å². The Morgan fingerprint density at radius 2 is 2.22 bits per heavy atom. The van der Waals surface area contributed by atoms with E-state index >= 15 is 0 Å². The van der Waals surface area contributed by atoms with E-state index in [1.807, 2.05) is 25.1 Å². The van der Waals surface area contributed by atoms with Crippen LogP contribution < -0.4 is 11.1 Å². The van der Waals surface area contributed by atoms with Crippen LogP contribution in [0.5, 0.6) is 0 Å². The first-order chi connectivity index (χ1) is 8.06. The van der Waals surface area contributed by atoms with Crippen LogP contribution in [0.1, 0.15) is 12.0 Å². The summed E-state index contributed by atoms with van der Waals surface area (Å²) in [5, 5.41) is 2.84. The molecule has 1 aromatic carbocycles. The fourth-order valence-electron chi connectivity index (χ4n) is 1.44. The Morgan fingerprint density at radius 3 is 2.72 bits per heavy atom. The molecule has 1 aromatic rings. The van der Waals surface area contributed by atoms with Gasteiger partial charge in [0.15, 0.2) is 0 Å². The Bertz CT molecular complexity index is 398. The number of carbonyl (C=O) groups is 1. The molecule has 0 spiro atoms. The van der Waals surface area contributed by atoms with Crippen molar-refractivity contribution in [1.82, 2.24) is 0 Å². The van der Waals surface area contributed by atoms with Crippen molar-refractivity contribution in [2.45, 2.75) is 19.4 Å². The van der Waals surface area contributed by atoms with E-state index in [1.54, 1.807) is 7.11 Å². The van der Waals surface area contributed by atoms with Crippen LogP contribution in [0.2, 0.25) is 0 Å². The summed E-state index contributed by atoms with van der Waals surface area (Å²) < 4.78 is 6.05. The normalized spacial score (nSPS) is 11.6. The van der Waals surface area contributed by atoms with Crippen molar-refractivity contribution in [3.05, 3.63) is 28.2 Å². The van der Waals surface area contributed by atoms with Gasteiger partial charge in [0, 0.05) is 23.8 Å². The Kier molecular flexibility index (Phi) is 8.18. The Labute approximate surface area is 122 Å². The third-order valence-electron chi connectivity index (χ3n) is 2.47. The SMILES string of the molecule is COC(CN)CC(=O)Nc1ccc(Br)cc1C.Cl. The van der Waals surface area contributed by atoms with Crippen LogP contribution in [-0.4, -0.2) is 25.7 Å². The van der Waals surface area contributed by atoms with Gasteiger partial charge < -0.3 is 15.8 Å². The number of anilines is 1.